The van der Waals surface area contributed by atoms with Crippen molar-refractivity contribution < 1.29 is 22.7 Å². The van der Waals surface area contributed by atoms with Gasteiger partial charge in [0.05, 0.1) is 21.7 Å². The highest BCUT2D eigenvalue weighted by Crippen LogP contribution is 2.25. The Labute approximate surface area is 220 Å². The van der Waals surface area contributed by atoms with Crippen LogP contribution < -0.4 is 5.32 Å². The number of anilines is 1. The number of para-hydroxylation sites is 1. The lowest BCUT2D eigenvalue weighted by Gasteiger charge is -2.25. The SMILES string of the molecule is O=C(COC(=O)c1cc(-c2ccncc2)nc2ccccc12)Nc1ccc(S(=O)(=O)N2CCCCC2)cc1. The van der Waals surface area contributed by atoms with Crippen molar-refractivity contribution in [2.45, 2.75) is 24.2 Å². The molecule has 194 valence electrons. The zero-order valence-corrected chi connectivity index (χ0v) is 21.4. The molecule has 2 aromatic heterocycles. The van der Waals surface area contributed by atoms with Gasteiger partial charge in [-0.25, -0.2) is 18.2 Å². The number of benzene rings is 2. The fraction of sp³-hybridized carbons (Fsp3) is 0.214. The molecule has 1 aliphatic heterocycles. The van der Waals surface area contributed by atoms with Gasteiger partial charge < -0.3 is 10.1 Å². The molecule has 0 spiro atoms. The van der Waals surface area contributed by atoms with E-state index in [1.54, 1.807) is 48.8 Å². The minimum absolute atomic E-state index is 0.179. The quantitative estimate of drug-likeness (QED) is 0.355. The van der Waals surface area contributed by atoms with Gasteiger partial charge in [0.15, 0.2) is 6.61 Å². The van der Waals surface area contributed by atoms with Crippen LogP contribution in [-0.2, 0) is 19.6 Å². The van der Waals surface area contributed by atoms with Crippen LogP contribution in [0.2, 0.25) is 0 Å². The average molecular weight is 531 g/mol. The number of piperidine rings is 1. The smallest absolute Gasteiger partial charge is 0.339 e. The van der Waals surface area contributed by atoms with Crippen molar-refractivity contribution in [2.75, 3.05) is 25.0 Å². The van der Waals surface area contributed by atoms with E-state index in [-0.39, 0.29) is 4.90 Å². The molecule has 0 saturated carbocycles. The number of esters is 1. The van der Waals surface area contributed by atoms with Crippen LogP contribution >= 0.6 is 0 Å². The third-order valence-electron chi connectivity index (χ3n) is 6.34. The summed E-state index contributed by atoms with van der Waals surface area (Å²) in [6.07, 6.45) is 6.03. The molecule has 2 aromatic carbocycles. The molecule has 0 radical (unpaired) electrons. The van der Waals surface area contributed by atoms with E-state index < -0.39 is 28.5 Å². The van der Waals surface area contributed by atoms with E-state index in [0.717, 1.165) is 24.8 Å². The Bertz CT molecular complexity index is 1570. The number of carbonyl (C=O) groups excluding carboxylic acids is 2. The Balaban J connectivity index is 1.25. The van der Waals surface area contributed by atoms with Gasteiger partial charge >= 0.3 is 5.97 Å². The first-order valence-corrected chi connectivity index (χ1v) is 13.7. The van der Waals surface area contributed by atoms with Gasteiger partial charge in [0.25, 0.3) is 5.91 Å². The molecule has 0 unspecified atom stereocenters. The van der Waals surface area contributed by atoms with E-state index >= 15 is 0 Å². The highest BCUT2D eigenvalue weighted by Gasteiger charge is 2.25. The molecular formula is C28H26N4O5S. The molecule has 5 rings (SSSR count). The van der Waals surface area contributed by atoms with Crippen molar-refractivity contribution >= 4 is 38.5 Å². The number of ether oxygens (including phenoxy) is 1. The van der Waals surface area contributed by atoms with Gasteiger partial charge in [0.1, 0.15) is 0 Å². The third-order valence-corrected chi connectivity index (χ3v) is 8.25. The third kappa shape index (κ3) is 5.56. The normalized spacial score (nSPS) is 14.2. The minimum Gasteiger partial charge on any atom is -0.452 e. The summed E-state index contributed by atoms with van der Waals surface area (Å²) in [5.41, 5.74) is 2.70. The Morgan fingerprint density at radius 3 is 2.37 bits per heavy atom. The predicted molar refractivity (Wildman–Crippen MR) is 143 cm³/mol. The summed E-state index contributed by atoms with van der Waals surface area (Å²) in [7, 11) is -3.56. The first kappa shape index (κ1) is 25.5. The number of hydrogen-bond acceptors (Lipinski definition) is 7. The van der Waals surface area contributed by atoms with Crippen LogP contribution in [0.25, 0.3) is 22.2 Å². The molecule has 0 atom stereocenters. The molecule has 1 saturated heterocycles. The predicted octanol–water partition coefficient (Wildman–Crippen LogP) is 4.27. The van der Waals surface area contributed by atoms with Crippen LogP contribution in [-0.4, -0.2) is 54.3 Å². The Morgan fingerprint density at radius 2 is 1.63 bits per heavy atom. The largest absolute Gasteiger partial charge is 0.452 e. The molecular weight excluding hydrogens is 504 g/mol. The highest BCUT2D eigenvalue weighted by molar-refractivity contribution is 7.89. The van der Waals surface area contributed by atoms with Crippen LogP contribution in [0.15, 0.2) is 84.0 Å². The van der Waals surface area contributed by atoms with Gasteiger partial charge in [-0.1, -0.05) is 24.6 Å². The number of nitrogens with one attached hydrogen (secondary N) is 1. The van der Waals surface area contributed by atoms with E-state index in [2.05, 4.69) is 15.3 Å². The Morgan fingerprint density at radius 1 is 0.921 bits per heavy atom. The second-order valence-electron chi connectivity index (χ2n) is 8.92. The number of hydrogen-bond donors (Lipinski definition) is 1. The maximum atomic E-state index is 13.0. The number of nitrogens with zero attached hydrogens (tertiary/aromatic N) is 3. The minimum atomic E-state index is -3.56. The number of carbonyl (C=O) groups is 2. The zero-order valence-electron chi connectivity index (χ0n) is 20.5. The second-order valence-corrected chi connectivity index (χ2v) is 10.9. The summed E-state index contributed by atoms with van der Waals surface area (Å²) in [5, 5.41) is 3.25. The fourth-order valence-electron chi connectivity index (χ4n) is 4.39. The van der Waals surface area contributed by atoms with Crippen LogP contribution in [0.3, 0.4) is 0 Å². The summed E-state index contributed by atoms with van der Waals surface area (Å²) in [5.74, 6) is -1.20. The molecule has 10 heteroatoms. The lowest BCUT2D eigenvalue weighted by Crippen LogP contribution is -2.35. The van der Waals surface area contributed by atoms with Crippen molar-refractivity contribution in [3.8, 4) is 11.3 Å². The molecule has 3 heterocycles. The number of rotatable bonds is 7. The standard InChI is InChI=1S/C28H26N4O5S/c33-27(30-21-8-10-22(11-9-21)38(35,36)32-16-4-1-5-17-32)19-37-28(34)24-18-26(20-12-14-29-15-13-20)31-25-7-3-2-6-23(24)25/h2-3,6-15,18H,1,4-5,16-17,19H2,(H,30,33). The Kier molecular flexibility index (Phi) is 7.43. The first-order valence-electron chi connectivity index (χ1n) is 12.3. The summed E-state index contributed by atoms with van der Waals surface area (Å²) < 4.78 is 32.4. The van der Waals surface area contributed by atoms with Crippen molar-refractivity contribution in [3.63, 3.8) is 0 Å². The van der Waals surface area contributed by atoms with Gasteiger partial charge in [-0.2, -0.15) is 4.31 Å². The number of aromatic nitrogens is 2. The fourth-order valence-corrected chi connectivity index (χ4v) is 5.90. The molecule has 1 N–H and O–H groups in total. The lowest BCUT2D eigenvalue weighted by molar-refractivity contribution is -0.119. The number of amides is 1. The van der Waals surface area contributed by atoms with E-state index in [4.69, 9.17) is 4.74 Å². The molecule has 0 aliphatic carbocycles. The van der Waals surface area contributed by atoms with E-state index in [9.17, 15) is 18.0 Å². The van der Waals surface area contributed by atoms with Crippen LogP contribution in [0, 0.1) is 0 Å². The summed E-state index contributed by atoms with van der Waals surface area (Å²) in [6.45, 7) is 0.528. The van der Waals surface area contributed by atoms with Crippen molar-refractivity contribution in [3.05, 3.63) is 84.7 Å². The molecule has 38 heavy (non-hydrogen) atoms. The zero-order chi connectivity index (χ0) is 26.5. The molecule has 1 fully saturated rings. The van der Waals surface area contributed by atoms with Crippen LogP contribution in [0.4, 0.5) is 5.69 Å². The maximum absolute atomic E-state index is 13.0. The number of pyridine rings is 2. The Hall–Kier alpha value is -4.15. The summed E-state index contributed by atoms with van der Waals surface area (Å²) >= 11 is 0. The lowest BCUT2D eigenvalue weighted by atomic mass is 10.0. The van der Waals surface area contributed by atoms with E-state index in [1.165, 1.54) is 28.6 Å². The van der Waals surface area contributed by atoms with Crippen LogP contribution in [0.1, 0.15) is 29.6 Å². The average Bonchev–Trinajstić information content (AvgIpc) is 2.96. The van der Waals surface area contributed by atoms with Gasteiger partial charge in [0.2, 0.25) is 10.0 Å². The molecule has 4 aromatic rings. The van der Waals surface area contributed by atoms with Crippen molar-refractivity contribution in [1.29, 1.82) is 0 Å². The molecule has 1 amide bonds. The second kappa shape index (κ2) is 11.1. The highest BCUT2D eigenvalue weighted by atomic mass is 32.2. The molecule has 9 nitrogen and oxygen atoms in total. The van der Waals surface area contributed by atoms with Gasteiger partial charge in [-0.15, -0.1) is 0 Å². The van der Waals surface area contributed by atoms with E-state index in [0.29, 0.717) is 40.9 Å². The van der Waals surface area contributed by atoms with Crippen LogP contribution in [0.5, 0.6) is 0 Å². The monoisotopic (exact) mass is 530 g/mol. The van der Waals surface area contributed by atoms with Gasteiger partial charge in [-0.05, 0) is 61.4 Å². The number of sulfonamides is 1. The van der Waals surface area contributed by atoms with Gasteiger partial charge in [0, 0.05) is 42.1 Å². The first-order chi connectivity index (χ1) is 18.4. The molecule has 1 aliphatic rings. The van der Waals surface area contributed by atoms with Crippen molar-refractivity contribution in [1.82, 2.24) is 14.3 Å². The van der Waals surface area contributed by atoms with Crippen molar-refractivity contribution in [2.24, 2.45) is 0 Å². The number of fused-ring (bicyclic) bond motifs is 1. The summed E-state index contributed by atoms with van der Waals surface area (Å²) in [4.78, 5) is 34.3. The maximum Gasteiger partial charge on any atom is 0.339 e. The van der Waals surface area contributed by atoms with Gasteiger partial charge in [-0.3, -0.25) is 9.78 Å². The summed E-state index contributed by atoms with van der Waals surface area (Å²) in [6, 6.07) is 18.4. The molecule has 0 bridgehead atoms. The topological polar surface area (TPSA) is 119 Å². The van der Waals surface area contributed by atoms with E-state index in [1.807, 2.05) is 6.07 Å².